The summed E-state index contributed by atoms with van der Waals surface area (Å²) in [5, 5.41) is 8.69. The number of carbonyl (C=O) groups is 2. The molecule has 0 aliphatic carbocycles. The van der Waals surface area contributed by atoms with Crippen molar-refractivity contribution in [2.75, 3.05) is 6.54 Å². The van der Waals surface area contributed by atoms with E-state index in [1.807, 2.05) is 0 Å². The van der Waals surface area contributed by atoms with Crippen LogP contribution in [-0.2, 0) is 9.59 Å². The van der Waals surface area contributed by atoms with Gasteiger partial charge in [-0.2, -0.15) is 0 Å². The number of nitrogens with zero attached hydrogens (tertiary/aromatic N) is 1. The number of carboxylic acids is 1. The second-order valence-corrected chi connectivity index (χ2v) is 5.29. The molecule has 18 heavy (non-hydrogen) atoms. The predicted octanol–water partition coefficient (Wildman–Crippen LogP) is 1.87. The van der Waals surface area contributed by atoms with Gasteiger partial charge in [0, 0.05) is 6.08 Å². The lowest BCUT2D eigenvalue weighted by atomic mass is 10.3. The molecule has 7 heteroatoms. The van der Waals surface area contributed by atoms with Crippen molar-refractivity contribution in [3.8, 4) is 0 Å². The largest absolute Gasteiger partial charge is 0.480 e. The fourth-order valence-electron chi connectivity index (χ4n) is 1.43. The zero-order valence-corrected chi connectivity index (χ0v) is 11.0. The number of aryl methyl sites for hydroxylation is 1. The molecule has 1 aromatic heterocycles. The van der Waals surface area contributed by atoms with Gasteiger partial charge in [-0.1, -0.05) is 24.0 Å². The summed E-state index contributed by atoms with van der Waals surface area (Å²) >= 11 is 6.04. The summed E-state index contributed by atoms with van der Waals surface area (Å²) in [5.41, 5.74) is 0. The number of aliphatic carboxylic acids is 1. The van der Waals surface area contributed by atoms with Crippen molar-refractivity contribution in [1.29, 1.82) is 0 Å². The molecule has 1 fully saturated rings. The fourth-order valence-corrected chi connectivity index (χ4v) is 2.67. The summed E-state index contributed by atoms with van der Waals surface area (Å²) in [6, 6.07) is 3.52. The summed E-state index contributed by atoms with van der Waals surface area (Å²) in [7, 11) is 0. The molecule has 1 aliphatic rings. The Morgan fingerprint density at radius 1 is 1.61 bits per heavy atom. The summed E-state index contributed by atoms with van der Waals surface area (Å²) in [6.45, 7) is 1.38. The molecular formula is C11H9NO4S2. The first-order valence-corrected chi connectivity index (χ1v) is 6.23. The highest BCUT2D eigenvalue weighted by atomic mass is 32.2. The molecule has 1 aromatic rings. The smallest absolute Gasteiger partial charge is 0.323 e. The molecule has 1 N–H and O–H groups in total. The Kier molecular flexibility index (Phi) is 3.53. The molecule has 1 amide bonds. The van der Waals surface area contributed by atoms with Gasteiger partial charge in [-0.05, 0) is 19.1 Å². The fraction of sp³-hybridized carbons (Fsp3) is 0.182. The molecular weight excluding hydrogens is 274 g/mol. The van der Waals surface area contributed by atoms with E-state index in [4.69, 9.17) is 21.7 Å². The third kappa shape index (κ3) is 2.62. The van der Waals surface area contributed by atoms with Crippen LogP contribution in [0.5, 0.6) is 0 Å². The van der Waals surface area contributed by atoms with Crippen LogP contribution < -0.4 is 0 Å². The standard InChI is InChI=1S/C11H9NO4S2/c1-6-2-3-7(16-6)4-8-10(15)12(5-9(13)14)11(17)18-8/h2-4H,5H2,1H3,(H,13,14)/b8-4+. The van der Waals surface area contributed by atoms with Gasteiger partial charge in [0.25, 0.3) is 5.91 Å². The maximum absolute atomic E-state index is 11.9. The lowest BCUT2D eigenvalue weighted by Crippen LogP contribution is -2.33. The molecule has 0 aromatic carbocycles. The van der Waals surface area contributed by atoms with Crippen LogP contribution in [0.1, 0.15) is 11.5 Å². The number of thioether (sulfide) groups is 1. The second kappa shape index (κ2) is 4.95. The molecule has 2 rings (SSSR count). The Morgan fingerprint density at radius 2 is 2.33 bits per heavy atom. The molecule has 0 radical (unpaired) electrons. The van der Waals surface area contributed by atoms with E-state index in [9.17, 15) is 9.59 Å². The van der Waals surface area contributed by atoms with Crippen LogP contribution in [0.15, 0.2) is 21.5 Å². The minimum atomic E-state index is -1.10. The minimum Gasteiger partial charge on any atom is -0.480 e. The van der Waals surface area contributed by atoms with E-state index in [0.717, 1.165) is 22.4 Å². The molecule has 94 valence electrons. The number of rotatable bonds is 3. The van der Waals surface area contributed by atoms with E-state index in [2.05, 4.69) is 0 Å². The molecule has 0 spiro atoms. The van der Waals surface area contributed by atoms with E-state index in [1.54, 1.807) is 25.1 Å². The first-order chi connectivity index (χ1) is 8.47. The maximum atomic E-state index is 11.9. The normalized spacial score (nSPS) is 17.8. The van der Waals surface area contributed by atoms with Crippen molar-refractivity contribution in [2.24, 2.45) is 0 Å². The van der Waals surface area contributed by atoms with Crippen molar-refractivity contribution in [3.05, 3.63) is 28.6 Å². The quantitative estimate of drug-likeness (QED) is 0.674. The number of hydrogen-bond donors (Lipinski definition) is 1. The summed E-state index contributed by atoms with van der Waals surface area (Å²) < 4.78 is 5.57. The van der Waals surface area contributed by atoms with Gasteiger partial charge in [0.2, 0.25) is 0 Å². The topological polar surface area (TPSA) is 70.8 Å². The third-order valence-electron chi connectivity index (χ3n) is 2.20. The maximum Gasteiger partial charge on any atom is 0.323 e. The first-order valence-electron chi connectivity index (χ1n) is 5.01. The van der Waals surface area contributed by atoms with Gasteiger partial charge >= 0.3 is 5.97 Å². The molecule has 5 nitrogen and oxygen atoms in total. The minimum absolute atomic E-state index is 0.247. The number of hydrogen-bond acceptors (Lipinski definition) is 5. The Hall–Kier alpha value is -1.60. The molecule has 0 bridgehead atoms. The van der Waals surface area contributed by atoms with Gasteiger partial charge in [-0.15, -0.1) is 0 Å². The number of carboxylic acid groups (broad SMARTS) is 1. The summed E-state index contributed by atoms with van der Waals surface area (Å²) in [6.07, 6.45) is 1.56. The molecule has 0 saturated carbocycles. The lowest BCUT2D eigenvalue weighted by molar-refractivity contribution is -0.140. The van der Waals surface area contributed by atoms with Gasteiger partial charge in [0.15, 0.2) is 0 Å². The van der Waals surface area contributed by atoms with E-state index >= 15 is 0 Å². The first kappa shape index (κ1) is 12.8. The molecule has 1 saturated heterocycles. The predicted molar refractivity (Wildman–Crippen MR) is 71.0 cm³/mol. The van der Waals surface area contributed by atoms with E-state index in [0.29, 0.717) is 10.7 Å². The summed E-state index contributed by atoms with van der Waals surface area (Å²) in [4.78, 5) is 24.0. The van der Waals surface area contributed by atoms with Crippen LogP contribution in [0.3, 0.4) is 0 Å². The van der Waals surface area contributed by atoms with Crippen LogP contribution in [-0.4, -0.2) is 32.7 Å². The molecule has 0 unspecified atom stereocenters. The van der Waals surface area contributed by atoms with Crippen molar-refractivity contribution in [1.82, 2.24) is 4.90 Å². The number of furan rings is 1. The van der Waals surface area contributed by atoms with E-state index in [-0.39, 0.29) is 4.32 Å². The van der Waals surface area contributed by atoms with Crippen LogP contribution in [0.2, 0.25) is 0 Å². The zero-order chi connectivity index (χ0) is 13.3. The van der Waals surface area contributed by atoms with Gasteiger partial charge in [-0.25, -0.2) is 0 Å². The highest BCUT2D eigenvalue weighted by Gasteiger charge is 2.33. The number of amides is 1. The Bertz CT molecular complexity index is 561. The highest BCUT2D eigenvalue weighted by Crippen LogP contribution is 2.32. The van der Waals surface area contributed by atoms with Gasteiger partial charge < -0.3 is 9.52 Å². The third-order valence-corrected chi connectivity index (χ3v) is 3.58. The Morgan fingerprint density at radius 3 is 2.89 bits per heavy atom. The SMILES string of the molecule is Cc1ccc(/C=C2/SC(=S)N(CC(=O)O)C2=O)o1. The molecule has 0 atom stereocenters. The van der Waals surface area contributed by atoms with E-state index < -0.39 is 18.4 Å². The average molecular weight is 283 g/mol. The van der Waals surface area contributed by atoms with Crippen molar-refractivity contribution < 1.29 is 19.1 Å². The lowest BCUT2D eigenvalue weighted by Gasteiger charge is -2.09. The second-order valence-electron chi connectivity index (χ2n) is 3.61. The van der Waals surface area contributed by atoms with E-state index in [1.165, 1.54) is 0 Å². The summed E-state index contributed by atoms with van der Waals surface area (Å²) in [5.74, 6) is -0.214. The van der Waals surface area contributed by atoms with Crippen LogP contribution in [0.25, 0.3) is 6.08 Å². The average Bonchev–Trinajstić information content (AvgIpc) is 2.78. The Balaban J connectivity index is 2.22. The van der Waals surface area contributed by atoms with Crippen LogP contribution >= 0.6 is 24.0 Å². The number of carbonyl (C=O) groups excluding carboxylic acids is 1. The van der Waals surface area contributed by atoms with Gasteiger partial charge in [0.1, 0.15) is 22.4 Å². The molecule has 1 aliphatic heterocycles. The zero-order valence-electron chi connectivity index (χ0n) is 9.37. The monoisotopic (exact) mass is 283 g/mol. The van der Waals surface area contributed by atoms with Crippen molar-refractivity contribution in [2.45, 2.75) is 6.92 Å². The van der Waals surface area contributed by atoms with Crippen LogP contribution in [0, 0.1) is 6.92 Å². The van der Waals surface area contributed by atoms with Gasteiger partial charge in [0.05, 0.1) is 4.91 Å². The van der Waals surface area contributed by atoms with Crippen molar-refractivity contribution in [3.63, 3.8) is 0 Å². The highest BCUT2D eigenvalue weighted by molar-refractivity contribution is 8.26. The Labute approximate surface area is 112 Å². The molecule has 2 heterocycles. The van der Waals surface area contributed by atoms with Gasteiger partial charge in [-0.3, -0.25) is 14.5 Å². The van der Waals surface area contributed by atoms with Crippen molar-refractivity contribution >= 4 is 46.3 Å². The van der Waals surface area contributed by atoms with Crippen LogP contribution in [0.4, 0.5) is 0 Å². The number of thiocarbonyl (C=S) groups is 1.